The Morgan fingerprint density at radius 3 is 1.85 bits per heavy atom. The lowest BCUT2D eigenvalue weighted by atomic mass is 9.57. The Bertz CT molecular complexity index is 468. The van der Waals surface area contributed by atoms with E-state index < -0.39 is 47.2 Å². The van der Waals surface area contributed by atoms with Crippen molar-refractivity contribution in [3.8, 4) is 0 Å². The molecule has 0 amide bonds. The molecule has 5 nitrogen and oxygen atoms in total. The van der Waals surface area contributed by atoms with Crippen LogP contribution in [0.5, 0.6) is 0 Å². The molecule has 0 bridgehead atoms. The van der Waals surface area contributed by atoms with Gasteiger partial charge in [-0.15, -0.1) is 0 Å². The maximum absolute atomic E-state index is 13.3. The summed E-state index contributed by atoms with van der Waals surface area (Å²) >= 11 is 0. The number of carboxylic acid groups (broad SMARTS) is 2. The fourth-order valence-electron chi connectivity index (χ4n) is 3.25. The minimum atomic E-state index is -5.11. The van der Waals surface area contributed by atoms with Crippen LogP contribution in [0.4, 0.5) is 13.2 Å². The average Bonchev–Trinajstić information content (AvgIpc) is 2.48. The van der Waals surface area contributed by atoms with Gasteiger partial charge in [0.2, 0.25) is 0 Å². The summed E-state index contributed by atoms with van der Waals surface area (Å²) in [6.45, 7) is 1.91. The van der Waals surface area contributed by atoms with Crippen LogP contribution in [0.2, 0.25) is 0 Å². The Hall–Kier alpha value is -1.73. The molecule has 3 N–H and O–H groups in total. The van der Waals surface area contributed by atoms with E-state index in [9.17, 15) is 27.9 Å². The van der Waals surface area contributed by atoms with Crippen LogP contribution < -0.4 is 0 Å². The zero-order valence-electron chi connectivity index (χ0n) is 10.9. The van der Waals surface area contributed by atoms with Gasteiger partial charge in [0.1, 0.15) is 0 Å². The second-order valence-corrected chi connectivity index (χ2v) is 5.43. The van der Waals surface area contributed by atoms with Crippen molar-refractivity contribution in [1.82, 2.24) is 0 Å². The van der Waals surface area contributed by atoms with E-state index in [4.69, 9.17) is 10.2 Å². The molecule has 1 fully saturated rings. The summed E-state index contributed by atoms with van der Waals surface area (Å²) in [5.74, 6) is -3.70. The predicted octanol–water partition coefficient (Wildman–Crippen LogP) is 2.58. The van der Waals surface area contributed by atoms with Crippen LogP contribution in [-0.2, 0) is 9.59 Å². The van der Waals surface area contributed by atoms with Gasteiger partial charge in [-0.3, -0.25) is 9.59 Å². The number of hydrogen-bond acceptors (Lipinski definition) is 3. The zero-order chi connectivity index (χ0) is 16.0. The third kappa shape index (κ3) is 1.63. The molecule has 1 aliphatic rings. The van der Waals surface area contributed by atoms with E-state index in [-0.39, 0.29) is 0 Å². The third-order valence-electron chi connectivity index (χ3n) is 4.67. The van der Waals surface area contributed by atoms with E-state index in [1.807, 2.05) is 0 Å². The normalized spacial score (nSPS) is 33.5. The van der Waals surface area contributed by atoms with Gasteiger partial charge in [-0.25, -0.2) is 0 Å². The molecule has 114 valence electrons. The first-order chi connectivity index (χ1) is 8.90. The number of aliphatic carboxylic acids is 2. The second-order valence-electron chi connectivity index (χ2n) is 5.43. The fraction of sp³-hybridized carbons (Fsp3) is 0.667. The number of rotatable bonds is 3. The van der Waals surface area contributed by atoms with E-state index in [1.165, 1.54) is 0 Å². The topological polar surface area (TPSA) is 94.8 Å². The van der Waals surface area contributed by atoms with Gasteiger partial charge in [-0.2, -0.15) is 13.2 Å². The van der Waals surface area contributed by atoms with E-state index >= 15 is 0 Å². The third-order valence-corrected chi connectivity index (χ3v) is 4.67. The molecular formula is C12H15F3O5. The summed E-state index contributed by atoms with van der Waals surface area (Å²) in [6, 6.07) is 0. The lowest BCUT2D eigenvalue weighted by Crippen LogP contribution is -2.57. The molecule has 1 aliphatic carbocycles. The number of halogens is 3. The Kier molecular flexibility index (Phi) is 3.58. The van der Waals surface area contributed by atoms with Gasteiger partial charge in [0.25, 0.3) is 0 Å². The van der Waals surface area contributed by atoms with Crippen molar-refractivity contribution in [3.05, 3.63) is 12.3 Å². The van der Waals surface area contributed by atoms with Gasteiger partial charge in [-0.05, 0) is 18.9 Å². The first-order valence-electron chi connectivity index (χ1n) is 5.76. The quantitative estimate of drug-likeness (QED) is 0.696. The van der Waals surface area contributed by atoms with Gasteiger partial charge < -0.3 is 15.3 Å². The summed E-state index contributed by atoms with van der Waals surface area (Å²) in [4.78, 5) is 22.7. The van der Waals surface area contributed by atoms with E-state index in [0.717, 1.165) is 19.9 Å². The van der Waals surface area contributed by atoms with Crippen molar-refractivity contribution >= 4 is 11.9 Å². The highest BCUT2D eigenvalue weighted by atomic mass is 19.4. The Morgan fingerprint density at radius 1 is 1.10 bits per heavy atom. The zero-order valence-corrected chi connectivity index (χ0v) is 10.9. The summed E-state index contributed by atoms with van der Waals surface area (Å²) < 4.78 is 40.0. The molecule has 0 aliphatic heterocycles. The molecule has 0 saturated heterocycles. The monoisotopic (exact) mass is 296 g/mol. The Balaban J connectivity index is 3.65. The summed E-state index contributed by atoms with van der Waals surface area (Å²) in [5, 5.41) is 27.2. The predicted molar refractivity (Wildman–Crippen MR) is 61.0 cm³/mol. The van der Waals surface area contributed by atoms with Gasteiger partial charge in [-0.1, -0.05) is 13.8 Å². The van der Waals surface area contributed by atoms with E-state index in [0.29, 0.717) is 6.26 Å². The van der Waals surface area contributed by atoms with Crippen molar-refractivity contribution in [3.63, 3.8) is 0 Å². The minimum Gasteiger partial charge on any atom is -0.516 e. The Labute approximate surface area is 112 Å². The number of carbonyl (C=O) groups is 2. The molecule has 0 radical (unpaired) electrons. The van der Waals surface area contributed by atoms with Crippen LogP contribution >= 0.6 is 0 Å². The van der Waals surface area contributed by atoms with Crippen molar-refractivity contribution < 1.29 is 38.1 Å². The lowest BCUT2D eigenvalue weighted by Gasteiger charge is -2.45. The molecule has 0 aromatic heterocycles. The van der Waals surface area contributed by atoms with E-state index in [1.54, 1.807) is 0 Å². The highest BCUT2D eigenvalue weighted by Gasteiger charge is 2.78. The number of hydrogen-bond donors (Lipinski definition) is 3. The standard InChI is InChI=1S/C12H15F3O5/c1-9(2)10(5-6-16,7(17)18)3-4-11(9,8(19)20)12(13,14)15/h5-6,16H,3-4H2,1-2H3,(H,17,18)(H,19,20). The lowest BCUT2D eigenvalue weighted by molar-refractivity contribution is -0.259. The first-order valence-corrected chi connectivity index (χ1v) is 5.76. The molecule has 0 spiro atoms. The number of aliphatic hydroxyl groups excluding tert-OH is 1. The fourth-order valence-corrected chi connectivity index (χ4v) is 3.25. The minimum absolute atomic E-state index is 0.351. The van der Waals surface area contributed by atoms with Crippen LogP contribution in [0.1, 0.15) is 26.7 Å². The van der Waals surface area contributed by atoms with Crippen LogP contribution in [0, 0.1) is 16.2 Å². The number of aliphatic hydroxyl groups is 1. The van der Waals surface area contributed by atoms with Crippen molar-refractivity contribution in [2.75, 3.05) is 0 Å². The maximum atomic E-state index is 13.3. The summed E-state index contributed by atoms with van der Waals surface area (Å²) in [5.41, 5.74) is -7.46. The first kappa shape index (κ1) is 16.3. The smallest absolute Gasteiger partial charge is 0.405 e. The van der Waals surface area contributed by atoms with Crippen LogP contribution in [0.3, 0.4) is 0 Å². The summed E-state index contributed by atoms with van der Waals surface area (Å²) in [6.07, 6.45) is -5.42. The summed E-state index contributed by atoms with van der Waals surface area (Å²) in [7, 11) is 0. The Morgan fingerprint density at radius 2 is 1.60 bits per heavy atom. The van der Waals surface area contributed by atoms with Crippen LogP contribution in [0.15, 0.2) is 12.3 Å². The van der Waals surface area contributed by atoms with Crippen LogP contribution in [-0.4, -0.2) is 33.4 Å². The van der Waals surface area contributed by atoms with Gasteiger partial charge >= 0.3 is 18.1 Å². The van der Waals surface area contributed by atoms with Gasteiger partial charge in [0, 0.05) is 5.41 Å². The molecule has 1 rings (SSSR count). The maximum Gasteiger partial charge on any atom is 0.405 e. The molecule has 1 saturated carbocycles. The molecular weight excluding hydrogens is 281 g/mol. The highest BCUT2D eigenvalue weighted by Crippen LogP contribution is 2.68. The molecule has 2 atom stereocenters. The average molecular weight is 296 g/mol. The van der Waals surface area contributed by atoms with Crippen molar-refractivity contribution in [2.24, 2.45) is 16.2 Å². The molecule has 2 unspecified atom stereocenters. The molecule has 20 heavy (non-hydrogen) atoms. The largest absolute Gasteiger partial charge is 0.516 e. The highest BCUT2D eigenvalue weighted by molar-refractivity contribution is 5.85. The molecule has 8 heteroatoms. The molecule has 0 aromatic carbocycles. The van der Waals surface area contributed by atoms with Crippen molar-refractivity contribution in [1.29, 1.82) is 0 Å². The molecule has 0 aromatic rings. The number of alkyl halides is 3. The molecule has 0 heterocycles. The SMILES string of the molecule is CC1(C)C(C=CO)(C(=O)O)CCC1(C(=O)O)C(F)(F)F. The second kappa shape index (κ2) is 4.39. The van der Waals surface area contributed by atoms with Crippen molar-refractivity contribution in [2.45, 2.75) is 32.9 Å². The van der Waals surface area contributed by atoms with Gasteiger partial charge in [0.15, 0.2) is 5.41 Å². The van der Waals surface area contributed by atoms with Crippen LogP contribution in [0.25, 0.3) is 0 Å². The van der Waals surface area contributed by atoms with E-state index in [2.05, 4.69) is 0 Å². The van der Waals surface area contributed by atoms with Gasteiger partial charge in [0.05, 0.1) is 11.7 Å². The number of carboxylic acids is 2.